The Bertz CT molecular complexity index is 371. The third kappa shape index (κ3) is 3.39. The zero-order valence-corrected chi connectivity index (χ0v) is 10.1. The zero-order valence-electron chi connectivity index (χ0n) is 7.98. The van der Waals surface area contributed by atoms with Crippen molar-refractivity contribution in [2.24, 2.45) is 0 Å². The smallest absolute Gasteiger partial charge is 0.324 e. The number of nitrogens with one attached hydrogen (secondary N) is 1. The van der Waals surface area contributed by atoms with E-state index in [1.165, 1.54) is 12.1 Å². The fraction of sp³-hybridized carbons (Fsp3) is 0.333. The molecular weight excluding hydrogens is 339 g/mol. The average molecular weight is 348 g/mol. The highest BCUT2D eigenvalue weighted by Crippen LogP contribution is 2.25. The molecule has 1 aromatic carbocycles. The van der Waals surface area contributed by atoms with Crippen molar-refractivity contribution >= 4 is 34.0 Å². The first-order chi connectivity index (χ1) is 7.33. The van der Waals surface area contributed by atoms with E-state index in [1.807, 2.05) is 22.6 Å². The number of nitrogens with two attached hydrogens (primary N) is 1. The Balaban J connectivity index is 2.68. The Labute approximate surface area is 103 Å². The number of rotatable bonds is 4. The molecule has 0 atom stereocenters. The molecule has 1 aromatic rings. The second-order valence-corrected chi connectivity index (χ2v) is 4.32. The van der Waals surface area contributed by atoms with Gasteiger partial charge in [0.25, 0.3) is 0 Å². The maximum Gasteiger partial charge on any atom is 0.324 e. The quantitative estimate of drug-likeness (QED) is 0.498. The first-order valence-corrected chi connectivity index (χ1v) is 5.35. The minimum atomic E-state index is -4.04. The van der Waals surface area contributed by atoms with Crippen LogP contribution in [-0.4, -0.2) is 18.9 Å². The van der Waals surface area contributed by atoms with Crippen molar-refractivity contribution in [2.75, 3.05) is 17.6 Å². The summed E-state index contributed by atoms with van der Waals surface area (Å²) in [5.74, 6) is -4.04. The fourth-order valence-electron chi connectivity index (χ4n) is 0.965. The lowest BCUT2D eigenvalue weighted by Crippen LogP contribution is -2.34. The molecule has 0 aliphatic rings. The molecule has 1 rings (SSSR count). The number of halogens is 5. The van der Waals surface area contributed by atoms with E-state index >= 15 is 0 Å². The number of alkyl halides is 4. The molecule has 0 aromatic heterocycles. The van der Waals surface area contributed by atoms with Crippen molar-refractivity contribution < 1.29 is 17.6 Å². The maximum absolute atomic E-state index is 12.6. The van der Waals surface area contributed by atoms with E-state index < -0.39 is 18.9 Å². The Morgan fingerprint density at radius 1 is 1.38 bits per heavy atom. The highest BCUT2D eigenvalue weighted by atomic mass is 127. The van der Waals surface area contributed by atoms with E-state index in [-0.39, 0.29) is 0 Å². The number of hydrogen-bond donors (Lipinski definition) is 2. The molecule has 0 radical (unpaired) electrons. The standard InChI is InChI=1S/C9H9F4IN2/c10-8(11)9(12,13)4-16-7-2-1-5(15)3-6(7)14/h1-3,8,16H,4,15H2. The zero-order chi connectivity index (χ0) is 12.3. The predicted octanol–water partition coefficient (Wildman–Crippen LogP) is 3.19. The molecule has 7 heteroatoms. The molecule has 0 amide bonds. The molecule has 0 saturated carbocycles. The van der Waals surface area contributed by atoms with Crippen molar-refractivity contribution in [1.29, 1.82) is 0 Å². The van der Waals surface area contributed by atoms with Crippen molar-refractivity contribution in [3.63, 3.8) is 0 Å². The lowest BCUT2D eigenvalue weighted by Gasteiger charge is -2.17. The normalized spacial score (nSPS) is 11.9. The molecule has 0 aliphatic carbocycles. The van der Waals surface area contributed by atoms with Crippen molar-refractivity contribution in [2.45, 2.75) is 12.3 Å². The summed E-state index contributed by atoms with van der Waals surface area (Å²) < 4.78 is 49.5. The van der Waals surface area contributed by atoms with E-state index in [0.717, 1.165) is 0 Å². The summed E-state index contributed by atoms with van der Waals surface area (Å²) in [4.78, 5) is 0. The first-order valence-electron chi connectivity index (χ1n) is 4.28. The Kier molecular flexibility index (Phi) is 4.22. The molecule has 0 aliphatic heterocycles. The van der Waals surface area contributed by atoms with Crippen LogP contribution in [0.4, 0.5) is 28.9 Å². The van der Waals surface area contributed by atoms with Gasteiger partial charge in [0.1, 0.15) is 0 Å². The molecule has 2 nitrogen and oxygen atoms in total. The minimum Gasteiger partial charge on any atom is -0.399 e. The van der Waals surface area contributed by atoms with E-state index in [0.29, 0.717) is 14.9 Å². The Hall–Kier alpha value is -0.730. The molecule has 0 fully saturated rings. The van der Waals surface area contributed by atoms with Crippen LogP contribution in [0.15, 0.2) is 18.2 Å². The average Bonchev–Trinajstić information content (AvgIpc) is 2.16. The van der Waals surface area contributed by atoms with Gasteiger partial charge in [0.2, 0.25) is 0 Å². The highest BCUT2D eigenvalue weighted by Gasteiger charge is 2.40. The minimum absolute atomic E-state index is 0.357. The molecule has 90 valence electrons. The Morgan fingerprint density at radius 3 is 2.50 bits per heavy atom. The van der Waals surface area contributed by atoms with Gasteiger partial charge in [-0.05, 0) is 40.8 Å². The highest BCUT2D eigenvalue weighted by molar-refractivity contribution is 14.1. The van der Waals surface area contributed by atoms with Crippen LogP contribution in [-0.2, 0) is 0 Å². The molecule has 0 saturated heterocycles. The number of nitrogen functional groups attached to an aromatic ring is 1. The van der Waals surface area contributed by atoms with Crippen LogP contribution in [0.25, 0.3) is 0 Å². The van der Waals surface area contributed by atoms with Crippen molar-refractivity contribution in [1.82, 2.24) is 0 Å². The molecule has 3 N–H and O–H groups in total. The summed E-state index contributed by atoms with van der Waals surface area (Å²) in [6, 6.07) is 4.53. The van der Waals surface area contributed by atoms with Crippen molar-refractivity contribution in [3.05, 3.63) is 21.8 Å². The molecule has 16 heavy (non-hydrogen) atoms. The fourth-order valence-corrected chi connectivity index (χ4v) is 1.70. The maximum atomic E-state index is 12.6. The lowest BCUT2D eigenvalue weighted by molar-refractivity contribution is -0.117. The number of benzene rings is 1. The van der Waals surface area contributed by atoms with E-state index in [4.69, 9.17) is 5.73 Å². The summed E-state index contributed by atoms with van der Waals surface area (Å²) in [6.45, 7) is -1.11. The molecule has 0 unspecified atom stereocenters. The van der Waals surface area contributed by atoms with Gasteiger partial charge in [-0.3, -0.25) is 0 Å². The SMILES string of the molecule is Nc1ccc(NCC(F)(F)C(F)F)c(I)c1. The molecular formula is C9H9F4IN2. The summed E-state index contributed by atoms with van der Waals surface area (Å²) >= 11 is 1.88. The van der Waals surface area contributed by atoms with Crippen LogP contribution in [0.5, 0.6) is 0 Å². The third-order valence-corrected chi connectivity index (χ3v) is 2.72. The van der Waals surface area contributed by atoms with Gasteiger partial charge in [-0.15, -0.1) is 0 Å². The summed E-state index contributed by atoms with van der Waals surface area (Å²) in [5.41, 5.74) is 6.30. The van der Waals surface area contributed by atoms with Crippen LogP contribution >= 0.6 is 22.6 Å². The van der Waals surface area contributed by atoms with Gasteiger partial charge in [-0.2, -0.15) is 8.78 Å². The van der Waals surface area contributed by atoms with E-state index in [9.17, 15) is 17.6 Å². The summed E-state index contributed by atoms with van der Waals surface area (Å²) in [7, 11) is 0. The first kappa shape index (κ1) is 13.3. The number of anilines is 2. The van der Waals surface area contributed by atoms with E-state index in [1.54, 1.807) is 6.07 Å². The second kappa shape index (κ2) is 5.07. The number of hydrogen-bond acceptors (Lipinski definition) is 2. The van der Waals surface area contributed by atoms with Gasteiger partial charge in [-0.1, -0.05) is 0 Å². The molecule has 0 spiro atoms. The van der Waals surface area contributed by atoms with Gasteiger partial charge in [-0.25, -0.2) is 8.78 Å². The molecule has 0 heterocycles. The monoisotopic (exact) mass is 348 g/mol. The van der Waals surface area contributed by atoms with Crippen molar-refractivity contribution in [3.8, 4) is 0 Å². The van der Waals surface area contributed by atoms with Gasteiger partial charge in [0, 0.05) is 14.9 Å². The predicted molar refractivity (Wildman–Crippen MR) is 63.0 cm³/mol. The van der Waals surface area contributed by atoms with Gasteiger partial charge < -0.3 is 11.1 Å². The van der Waals surface area contributed by atoms with Crippen LogP contribution in [0.1, 0.15) is 0 Å². The largest absolute Gasteiger partial charge is 0.399 e. The van der Waals surface area contributed by atoms with Crippen LogP contribution in [0, 0.1) is 3.57 Å². The Morgan fingerprint density at radius 2 is 2.00 bits per heavy atom. The van der Waals surface area contributed by atoms with Gasteiger partial charge in [0.05, 0.1) is 6.54 Å². The van der Waals surface area contributed by atoms with Crippen LogP contribution < -0.4 is 11.1 Å². The third-order valence-electron chi connectivity index (χ3n) is 1.83. The summed E-state index contributed by atoms with van der Waals surface area (Å²) in [5, 5.41) is 2.27. The van der Waals surface area contributed by atoms with Crippen LogP contribution in [0.3, 0.4) is 0 Å². The van der Waals surface area contributed by atoms with Gasteiger partial charge in [0.15, 0.2) is 0 Å². The topological polar surface area (TPSA) is 38.0 Å². The molecule has 0 bridgehead atoms. The lowest BCUT2D eigenvalue weighted by atomic mass is 10.2. The van der Waals surface area contributed by atoms with Gasteiger partial charge >= 0.3 is 12.3 Å². The summed E-state index contributed by atoms with van der Waals surface area (Å²) in [6.07, 6.45) is -3.67. The van der Waals surface area contributed by atoms with E-state index in [2.05, 4.69) is 5.32 Å². The second-order valence-electron chi connectivity index (χ2n) is 3.15. The van der Waals surface area contributed by atoms with Crippen LogP contribution in [0.2, 0.25) is 0 Å².